The molecule has 2 saturated heterocycles. The maximum atomic E-state index is 12.5. The van der Waals surface area contributed by atoms with Crippen LogP contribution in [0.25, 0.3) is 0 Å². The van der Waals surface area contributed by atoms with Crippen molar-refractivity contribution >= 4 is 11.9 Å². The van der Waals surface area contributed by atoms with E-state index in [1.54, 1.807) is 6.07 Å². The average Bonchev–Trinajstić information content (AvgIpc) is 2.87. The van der Waals surface area contributed by atoms with Gasteiger partial charge in [0.25, 0.3) is 5.56 Å². The summed E-state index contributed by atoms with van der Waals surface area (Å²) in [5.74, 6) is 0.768. The summed E-state index contributed by atoms with van der Waals surface area (Å²) >= 11 is 0. The number of anilines is 1. The number of hydrogen-bond acceptors (Lipinski definition) is 4. The van der Waals surface area contributed by atoms with Crippen molar-refractivity contribution in [2.45, 2.75) is 44.6 Å². The molecule has 0 saturated carbocycles. The van der Waals surface area contributed by atoms with E-state index in [0.29, 0.717) is 25.5 Å². The second-order valence-electron chi connectivity index (χ2n) is 7.56. The standard InChI is InChI=1S/C21H26N4O2/c26-19-13-18(22-21(23-19)24-10-6-1-2-7-11-24)17-12-20(27)25(15-17)14-16-8-4-3-5-9-16/h3-5,8-9,13,17H,1-2,6-7,10-12,14-15H2,(H,22,23,26)/t17-/m0/s1. The van der Waals surface area contributed by atoms with Crippen LogP contribution in [-0.4, -0.2) is 40.4 Å². The van der Waals surface area contributed by atoms with Crippen LogP contribution in [0.15, 0.2) is 41.2 Å². The number of aromatic amines is 1. The Morgan fingerprint density at radius 1 is 1.04 bits per heavy atom. The number of amides is 1. The van der Waals surface area contributed by atoms with E-state index in [1.165, 1.54) is 12.8 Å². The Labute approximate surface area is 159 Å². The number of aromatic nitrogens is 2. The van der Waals surface area contributed by atoms with Crippen molar-refractivity contribution < 1.29 is 4.79 Å². The van der Waals surface area contributed by atoms with Gasteiger partial charge in [0, 0.05) is 44.6 Å². The zero-order valence-electron chi connectivity index (χ0n) is 15.6. The normalized spacial score (nSPS) is 20.7. The topological polar surface area (TPSA) is 69.3 Å². The van der Waals surface area contributed by atoms with Gasteiger partial charge in [0.05, 0.1) is 5.69 Å². The van der Waals surface area contributed by atoms with Gasteiger partial charge in [-0.25, -0.2) is 4.98 Å². The summed E-state index contributed by atoms with van der Waals surface area (Å²) < 4.78 is 0. The third-order valence-electron chi connectivity index (χ3n) is 5.50. The maximum absolute atomic E-state index is 12.5. The third kappa shape index (κ3) is 4.21. The molecule has 6 nitrogen and oxygen atoms in total. The van der Waals surface area contributed by atoms with Crippen molar-refractivity contribution in [1.29, 1.82) is 0 Å². The van der Waals surface area contributed by atoms with Crippen molar-refractivity contribution in [2.75, 3.05) is 24.5 Å². The van der Waals surface area contributed by atoms with E-state index < -0.39 is 0 Å². The molecule has 0 bridgehead atoms. The zero-order chi connectivity index (χ0) is 18.6. The Bertz CT molecular complexity index is 841. The highest BCUT2D eigenvalue weighted by Crippen LogP contribution is 2.28. The van der Waals surface area contributed by atoms with Crippen molar-refractivity contribution in [2.24, 2.45) is 0 Å². The van der Waals surface area contributed by atoms with Crippen LogP contribution in [0.5, 0.6) is 0 Å². The molecule has 1 N–H and O–H groups in total. The molecule has 0 spiro atoms. The fraction of sp³-hybridized carbons (Fsp3) is 0.476. The molecule has 2 aliphatic heterocycles. The largest absolute Gasteiger partial charge is 0.342 e. The first-order chi connectivity index (χ1) is 13.2. The quantitative estimate of drug-likeness (QED) is 0.903. The van der Waals surface area contributed by atoms with Crippen LogP contribution in [0.3, 0.4) is 0 Å². The minimum Gasteiger partial charge on any atom is -0.342 e. The van der Waals surface area contributed by atoms with Crippen LogP contribution in [0.2, 0.25) is 0 Å². The fourth-order valence-corrected chi connectivity index (χ4v) is 4.03. The molecule has 142 valence electrons. The molecule has 27 heavy (non-hydrogen) atoms. The highest BCUT2D eigenvalue weighted by molar-refractivity contribution is 5.79. The van der Waals surface area contributed by atoms with E-state index in [1.807, 2.05) is 35.2 Å². The number of benzene rings is 1. The van der Waals surface area contributed by atoms with E-state index in [9.17, 15) is 9.59 Å². The Hall–Kier alpha value is -2.63. The van der Waals surface area contributed by atoms with Crippen molar-refractivity contribution in [3.63, 3.8) is 0 Å². The Morgan fingerprint density at radius 2 is 1.78 bits per heavy atom. The lowest BCUT2D eigenvalue weighted by atomic mass is 10.0. The molecule has 2 fully saturated rings. The highest BCUT2D eigenvalue weighted by atomic mass is 16.2. The first kappa shape index (κ1) is 17.8. The summed E-state index contributed by atoms with van der Waals surface area (Å²) in [6.45, 7) is 3.08. The molecule has 6 heteroatoms. The highest BCUT2D eigenvalue weighted by Gasteiger charge is 2.32. The SMILES string of the molecule is O=C1C[C@H](c2cc(=O)[nH]c(N3CCCCCC3)n2)CN1Cc1ccccc1. The third-order valence-corrected chi connectivity index (χ3v) is 5.50. The number of likely N-dealkylation sites (tertiary alicyclic amines) is 1. The number of nitrogens with one attached hydrogen (secondary N) is 1. The summed E-state index contributed by atoms with van der Waals surface area (Å²) in [6, 6.07) is 11.6. The Kier molecular flexibility index (Phi) is 5.23. The molecule has 2 aromatic rings. The van der Waals surface area contributed by atoms with Crippen LogP contribution in [0.1, 0.15) is 49.3 Å². The van der Waals surface area contributed by atoms with Gasteiger partial charge in [0.15, 0.2) is 0 Å². The molecule has 0 aliphatic carbocycles. The van der Waals surface area contributed by atoms with E-state index in [0.717, 1.165) is 37.2 Å². The zero-order valence-corrected chi connectivity index (χ0v) is 15.6. The van der Waals surface area contributed by atoms with Crippen molar-refractivity contribution in [3.05, 3.63) is 58.0 Å². The number of hydrogen-bond donors (Lipinski definition) is 1. The first-order valence-corrected chi connectivity index (χ1v) is 9.87. The molecule has 0 radical (unpaired) electrons. The molecule has 1 aromatic carbocycles. The molecule has 2 aliphatic rings. The lowest BCUT2D eigenvalue weighted by molar-refractivity contribution is -0.128. The second-order valence-corrected chi connectivity index (χ2v) is 7.56. The van der Waals surface area contributed by atoms with Crippen LogP contribution in [-0.2, 0) is 11.3 Å². The Balaban J connectivity index is 1.51. The van der Waals surface area contributed by atoms with Gasteiger partial charge >= 0.3 is 0 Å². The van der Waals surface area contributed by atoms with E-state index in [-0.39, 0.29) is 17.4 Å². The monoisotopic (exact) mass is 366 g/mol. The fourth-order valence-electron chi connectivity index (χ4n) is 4.03. The first-order valence-electron chi connectivity index (χ1n) is 9.87. The van der Waals surface area contributed by atoms with Crippen molar-refractivity contribution in [3.8, 4) is 0 Å². The molecule has 1 aromatic heterocycles. The number of carbonyl (C=O) groups is 1. The van der Waals surface area contributed by atoms with Gasteiger partial charge in [0.2, 0.25) is 11.9 Å². The van der Waals surface area contributed by atoms with Crippen LogP contribution in [0, 0.1) is 0 Å². The van der Waals surface area contributed by atoms with E-state index >= 15 is 0 Å². The van der Waals surface area contributed by atoms with E-state index in [4.69, 9.17) is 4.98 Å². The smallest absolute Gasteiger partial charge is 0.252 e. The van der Waals surface area contributed by atoms with Crippen LogP contribution >= 0.6 is 0 Å². The van der Waals surface area contributed by atoms with Gasteiger partial charge in [-0.15, -0.1) is 0 Å². The molecular formula is C21H26N4O2. The molecule has 3 heterocycles. The maximum Gasteiger partial charge on any atom is 0.252 e. The number of H-pyrrole nitrogens is 1. The molecule has 1 atom stereocenters. The molecular weight excluding hydrogens is 340 g/mol. The summed E-state index contributed by atoms with van der Waals surface area (Å²) in [4.78, 5) is 36.4. The van der Waals surface area contributed by atoms with Gasteiger partial charge in [-0.2, -0.15) is 0 Å². The van der Waals surface area contributed by atoms with E-state index in [2.05, 4.69) is 9.88 Å². The number of rotatable bonds is 4. The summed E-state index contributed by atoms with van der Waals surface area (Å²) in [7, 11) is 0. The predicted molar refractivity (Wildman–Crippen MR) is 105 cm³/mol. The van der Waals surface area contributed by atoms with Gasteiger partial charge in [-0.05, 0) is 18.4 Å². The predicted octanol–water partition coefficient (Wildman–Crippen LogP) is 2.67. The molecule has 0 unspecified atom stereocenters. The number of nitrogens with zero attached hydrogens (tertiary/aromatic N) is 3. The van der Waals surface area contributed by atoms with Gasteiger partial charge in [-0.3, -0.25) is 14.6 Å². The summed E-state index contributed by atoms with van der Waals surface area (Å²) in [5.41, 5.74) is 1.73. The minimum atomic E-state index is -0.131. The summed E-state index contributed by atoms with van der Waals surface area (Å²) in [5, 5.41) is 0. The van der Waals surface area contributed by atoms with Crippen molar-refractivity contribution in [1.82, 2.24) is 14.9 Å². The van der Waals surface area contributed by atoms with Gasteiger partial charge in [0.1, 0.15) is 0 Å². The summed E-state index contributed by atoms with van der Waals surface area (Å²) in [6.07, 6.45) is 5.13. The van der Waals surface area contributed by atoms with Crippen LogP contribution < -0.4 is 10.5 Å². The molecule has 1 amide bonds. The lowest BCUT2D eigenvalue weighted by Gasteiger charge is -2.22. The van der Waals surface area contributed by atoms with Gasteiger partial charge in [-0.1, -0.05) is 43.2 Å². The average molecular weight is 366 g/mol. The Morgan fingerprint density at radius 3 is 2.52 bits per heavy atom. The minimum absolute atomic E-state index is 0.0192. The molecule has 4 rings (SSSR count). The van der Waals surface area contributed by atoms with Gasteiger partial charge < -0.3 is 9.80 Å². The van der Waals surface area contributed by atoms with Crippen LogP contribution in [0.4, 0.5) is 5.95 Å². The lowest BCUT2D eigenvalue weighted by Crippen LogP contribution is -2.29. The second kappa shape index (κ2) is 7.94. The number of carbonyl (C=O) groups excluding carboxylic acids is 1.